The lowest BCUT2D eigenvalue weighted by molar-refractivity contribution is 0.0950. The highest BCUT2D eigenvalue weighted by atomic mass is 19.3. The number of nitrogens with one attached hydrogen (secondary N) is 2. The molecular formula is C21H20F2N4O. The summed E-state index contributed by atoms with van der Waals surface area (Å²) in [5, 5.41) is 5.78. The first-order chi connectivity index (χ1) is 13.6. The minimum atomic E-state index is -2.31. The summed E-state index contributed by atoms with van der Waals surface area (Å²) in [6.07, 6.45) is 2.42. The van der Waals surface area contributed by atoms with E-state index in [1.807, 2.05) is 36.4 Å². The Balaban J connectivity index is 1.56. The van der Waals surface area contributed by atoms with E-state index in [2.05, 4.69) is 20.6 Å². The summed E-state index contributed by atoms with van der Waals surface area (Å²) >= 11 is 0. The summed E-state index contributed by atoms with van der Waals surface area (Å²) in [6, 6.07) is 14.5. The molecule has 0 bridgehead atoms. The lowest BCUT2D eigenvalue weighted by atomic mass is 10.1. The highest BCUT2D eigenvalue weighted by Gasteiger charge is 2.07. The third kappa shape index (κ3) is 5.57. The molecule has 0 radical (unpaired) electrons. The maximum Gasteiger partial charge on any atom is 0.253 e. The number of amides is 1. The number of alkyl halides is 2. The van der Waals surface area contributed by atoms with Crippen LogP contribution in [0, 0.1) is 0 Å². The predicted molar refractivity (Wildman–Crippen MR) is 104 cm³/mol. The van der Waals surface area contributed by atoms with Crippen LogP contribution in [0.25, 0.3) is 11.3 Å². The monoisotopic (exact) mass is 382 g/mol. The standard InChI is InChI=1S/C21H20F2N4O/c22-20(23)9-11-25-18-6-3-16(4-7-18)19-8-5-17(14-26-19)21(28)27-13-15-2-1-10-24-12-15/h1-8,10,12,14,20,25H,9,11,13H2,(H,27,28). The van der Waals surface area contributed by atoms with Gasteiger partial charge in [0, 0.05) is 49.4 Å². The van der Waals surface area contributed by atoms with Crippen molar-refractivity contribution in [3.63, 3.8) is 0 Å². The van der Waals surface area contributed by atoms with Crippen molar-refractivity contribution in [3.8, 4) is 11.3 Å². The number of hydrogen-bond donors (Lipinski definition) is 2. The van der Waals surface area contributed by atoms with Gasteiger partial charge in [-0.15, -0.1) is 0 Å². The van der Waals surface area contributed by atoms with Gasteiger partial charge in [0.1, 0.15) is 0 Å². The van der Waals surface area contributed by atoms with Gasteiger partial charge in [0.25, 0.3) is 5.91 Å². The number of carbonyl (C=O) groups excluding carboxylic acids is 1. The summed E-state index contributed by atoms with van der Waals surface area (Å²) in [6.45, 7) is 0.618. The normalized spacial score (nSPS) is 10.7. The first-order valence-corrected chi connectivity index (χ1v) is 8.87. The Morgan fingerprint density at radius 2 is 1.86 bits per heavy atom. The fourth-order valence-corrected chi connectivity index (χ4v) is 2.57. The number of anilines is 1. The summed E-state index contributed by atoms with van der Waals surface area (Å²) in [5.74, 6) is -0.207. The smallest absolute Gasteiger partial charge is 0.253 e. The lowest BCUT2D eigenvalue weighted by Crippen LogP contribution is -2.22. The minimum absolute atomic E-state index is 0.187. The summed E-state index contributed by atoms with van der Waals surface area (Å²) < 4.78 is 24.3. The number of benzene rings is 1. The van der Waals surface area contributed by atoms with Gasteiger partial charge < -0.3 is 10.6 Å². The van der Waals surface area contributed by atoms with Crippen LogP contribution >= 0.6 is 0 Å². The van der Waals surface area contributed by atoms with Crippen LogP contribution in [0.3, 0.4) is 0 Å². The van der Waals surface area contributed by atoms with E-state index in [4.69, 9.17) is 0 Å². The van der Waals surface area contributed by atoms with Crippen molar-refractivity contribution in [2.45, 2.75) is 19.4 Å². The van der Waals surface area contributed by atoms with Crippen molar-refractivity contribution < 1.29 is 13.6 Å². The Bertz CT molecular complexity index is 885. The first-order valence-electron chi connectivity index (χ1n) is 8.87. The third-order valence-electron chi connectivity index (χ3n) is 4.07. The molecule has 144 valence electrons. The molecule has 0 aliphatic rings. The Hall–Kier alpha value is -3.35. The van der Waals surface area contributed by atoms with Crippen molar-refractivity contribution in [2.24, 2.45) is 0 Å². The van der Waals surface area contributed by atoms with Crippen LogP contribution in [0.1, 0.15) is 22.3 Å². The second-order valence-electron chi connectivity index (χ2n) is 6.16. The van der Waals surface area contributed by atoms with Crippen LogP contribution in [0.5, 0.6) is 0 Å². The molecule has 0 aliphatic carbocycles. The van der Waals surface area contributed by atoms with Gasteiger partial charge in [-0.2, -0.15) is 0 Å². The van der Waals surface area contributed by atoms with Gasteiger partial charge in [-0.1, -0.05) is 18.2 Å². The molecule has 0 saturated carbocycles. The fraction of sp³-hybridized carbons (Fsp3) is 0.190. The fourth-order valence-electron chi connectivity index (χ4n) is 2.57. The topological polar surface area (TPSA) is 66.9 Å². The molecule has 0 saturated heterocycles. The van der Waals surface area contributed by atoms with E-state index in [9.17, 15) is 13.6 Å². The molecule has 2 aromatic heterocycles. The number of pyridine rings is 2. The van der Waals surface area contributed by atoms with Crippen molar-refractivity contribution in [3.05, 3.63) is 78.2 Å². The molecule has 2 N–H and O–H groups in total. The molecule has 0 atom stereocenters. The molecule has 1 aromatic carbocycles. The molecular weight excluding hydrogens is 362 g/mol. The Kier molecular flexibility index (Phi) is 6.62. The number of rotatable bonds is 8. The number of halogens is 2. The van der Waals surface area contributed by atoms with Crippen LogP contribution in [0.4, 0.5) is 14.5 Å². The van der Waals surface area contributed by atoms with Gasteiger partial charge in [0.2, 0.25) is 6.43 Å². The SMILES string of the molecule is O=C(NCc1cccnc1)c1ccc(-c2ccc(NCCC(F)F)cc2)nc1. The number of aromatic nitrogens is 2. The first kappa shape index (κ1) is 19.4. The van der Waals surface area contributed by atoms with E-state index in [-0.39, 0.29) is 18.9 Å². The summed E-state index contributed by atoms with van der Waals surface area (Å²) in [4.78, 5) is 20.6. The van der Waals surface area contributed by atoms with E-state index in [1.165, 1.54) is 6.20 Å². The van der Waals surface area contributed by atoms with Gasteiger partial charge in [0.05, 0.1) is 11.3 Å². The zero-order valence-electron chi connectivity index (χ0n) is 15.1. The molecule has 5 nitrogen and oxygen atoms in total. The number of nitrogens with zero attached hydrogens (tertiary/aromatic N) is 2. The predicted octanol–water partition coefficient (Wildman–Crippen LogP) is 4.14. The number of hydrogen-bond acceptors (Lipinski definition) is 4. The molecule has 7 heteroatoms. The molecule has 0 spiro atoms. The molecule has 3 aromatic rings. The second-order valence-corrected chi connectivity index (χ2v) is 6.16. The second kappa shape index (κ2) is 9.55. The zero-order chi connectivity index (χ0) is 19.8. The Morgan fingerprint density at radius 1 is 1.04 bits per heavy atom. The lowest BCUT2D eigenvalue weighted by Gasteiger charge is -2.08. The molecule has 28 heavy (non-hydrogen) atoms. The quantitative estimate of drug-likeness (QED) is 0.614. The number of carbonyl (C=O) groups is 1. The highest BCUT2D eigenvalue weighted by Crippen LogP contribution is 2.20. The zero-order valence-corrected chi connectivity index (χ0v) is 15.1. The van der Waals surface area contributed by atoms with Crippen LogP contribution in [-0.2, 0) is 6.54 Å². The van der Waals surface area contributed by atoms with Gasteiger partial charge in [-0.05, 0) is 35.9 Å². The maximum atomic E-state index is 12.2. The molecule has 3 rings (SSSR count). The largest absolute Gasteiger partial charge is 0.385 e. The van der Waals surface area contributed by atoms with Crippen LogP contribution < -0.4 is 10.6 Å². The minimum Gasteiger partial charge on any atom is -0.385 e. The van der Waals surface area contributed by atoms with Crippen molar-refractivity contribution >= 4 is 11.6 Å². The van der Waals surface area contributed by atoms with Gasteiger partial charge >= 0.3 is 0 Å². The van der Waals surface area contributed by atoms with E-state index >= 15 is 0 Å². The van der Waals surface area contributed by atoms with Crippen molar-refractivity contribution in [2.75, 3.05) is 11.9 Å². The Labute approximate surface area is 161 Å². The van der Waals surface area contributed by atoms with Crippen LogP contribution in [0.15, 0.2) is 67.1 Å². The van der Waals surface area contributed by atoms with E-state index < -0.39 is 6.43 Å². The van der Waals surface area contributed by atoms with Gasteiger partial charge in [0.15, 0.2) is 0 Å². The summed E-state index contributed by atoms with van der Waals surface area (Å²) in [7, 11) is 0. The van der Waals surface area contributed by atoms with Crippen LogP contribution in [0.2, 0.25) is 0 Å². The van der Waals surface area contributed by atoms with Crippen molar-refractivity contribution in [1.82, 2.24) is 15.3 Å². The molecule has 0 fully saturated rings. The highest BCUT2D eigenvalue weighted by molar-refractivity contribution is 5.94. The van der Waals surface area contributed by atoms with Gasteiger partial charge in [-0.3, -0.25) is 14.8 Å². The van der Waals surface area contributed by atoms with Crippen LogP contribution in [-0.4, -0.2) is 28.8 Å². The molecule has 2 heterocycles. The van der Waals surface area contributed by atoms with Gasteiger partial charge in [-0.25, -0.2) is 8.78 Å². The average Bonchev–Trinajstić information content (AvgIpc) is 2.73. The molecule has 0 aliphatic heterocycles. The molecule has 1 amide bonds. The molecule has 0 unspecified atom stereocenters. The Morgan fingerprint density at radius 3 is 2.50 bits per heavy atom. The average molecular weight is 382 g/mol. The van der Waals surface area contributed by atoms with E-state index in [0.29, 0.717) is 12.1 Å². The van der Waals surface area contributed by atoms with E-state index in [0.717, 1.165) is 22.5 Å². The summed E-state index contributed by atoms with van der Waals surface area (Å²) in [5.41, 5.74) is 3.76. The third-order valence-corrected chi connectivity index (χ3v) is 4.07. The van der Waals surface area contributed by atoms with Crippen molar-refractivity contribution in [1.29, 1.82) is 0 Å². The maximum absolute atomic E-state index is 12.2. The van der Waals surface area contributed by atoms with E-state index in [1.54, 1.807) is 24.5 Å².